The normalized spacial score (nSPS) is 19.9. The highest BCUT2D eigenvalue weighted by Gasteiger charge is 2.37. The molecule has 1 fully saturated rings. The Labute approximate surface area is 190 Å². The lowest BCUT2D eigenvalue weighted by Crippen LogP contribution is -2.53. The molecule has 0 spiro atoms. The van der Waals surface area contributed by atoms with Gasteiger partial charge in [-0.2, -0.15) is 0 Å². The predicted octanol–water partition coefficient (Wildman–Crippen LogP) is 1.59. The Kier molecular flexibility index (Phi) is 6.62. The van der Waals surface area contributed by atoms with Gasteiger partial charge in [-0.3, -0.25) is 9.59 Å². The average Bonchev–Trinajstić information content (AvgIpc) is 3.37. The zero-order valence-corrected chi connectivity index (χ0v) is 18.1. The van der Waals surface area contributed by atoms with E-state index >= 15 is 0 Å². The number of nitrogens with zero attached hydrogens (tertiary/aromatic N) is 1. The molecule has 33 heavy (non-hydrogen) atoms. The van der Waals surface area contributed by atoms with Crippen LogP contribution in [0.2, 0.25) is 0 Å². The van der Waals surface area contributed by atoms with Crippen LogP contribution in [-0.4, -0.2) is 78.1 Å². The molecular formula is C24H26N2O7. The minimum Gasteiger partial charge on any atom is -0.481 e. The maximum absolute atomic E-state index is 12.9. The van der Waals surface area contributed by atoms with E-state index in [1.807, 2.05) is 48.5 Å². The van der Waals surface area contributed by atoms with Gasteiger partial charge in [0.15, 0.2) is 0 Å². The quantitative estimate of drug-likeness (QED) is 0.580. The highest BCUT2D eigenvalue weighted by molar-refractivity contribution is 5.89. The van der Waals surface area contributed by atoms with E-state index in [1.165, 1.54) is 11.9 Å². The summed E-state index contributed by atoms with van der Waals surface area (Å²) in [6.07, 6.45) is -2.37. The molecule has 9 nitrogen and oxygen atoms in total. The lowest BCUT2D eigenvalue weighted by atomic mass is 9.98. The number of ether oxygens (including phenoxy) is 2. The molecule has 0 saturated carbocycles. The summed E-state index contributed by atoms with van der Waals surface area (Å²) in [5.74, 6) is -2.05. The zero-order valence-electron chi connectivity index (χ0n) is 18.1. The Morgan fingerprint density at radius 1 is 1.09 bits per heavy atom. The number of carboxylic acids is 1. The number of aliphatic hydroxyl groups is 1. The molecule has 3 atom stereocenters. The van der Waals surface area contributed by atoms with Gasteiger partial charge in [-0.25, -0.2) is 4.79 Å². The van der Waals surface area contributed by atoms with Gasteiger partial charge in [0, 0.05) is 13.0 Å². The molecule has 1 heterocycles. The molecule has 2 aromatic carbocycles. The van der Waals surface area contributed by atoms with Crippen molar-refractivity contribution in [3.05, 3.63) is 59.7 Å². The molecule has 174 valence electrons. The Morgan fingerprint density at radius 2 is 1.70 bits per heavy atom. The van der Waals surface area contributed by atoms with E-state index < -0.39 is 42.6 Å². The van der Waals surface area contributed by atoms with Gasteiger partial charge in [0.1, 0.15) is 12.6 Å². The number of carbonyl (C=O) groups excluding carboxylic acids is 2. The summed E-state index contributed by atoms with van der Waals surface area (Å²) in [5.41, 5.74) is 4.25. The summed E-state index contributed by atoms with van der Waals surface area (Å²) in [7, 11) is 1.44. The maximum Gasteiger partial charge on any atom is 0.407 e. The van der Waals surface area contributed by atoms with Crippen LogP contribution in [0, 0.1) is 0 Å². The second-order valence-electron chi connectivity index (χ2n) is 8.24. The van der Waals surface area contributed by atoms with Crippen LogP contribution in [0.1, 0.15) is 23.5 Å². The number of aliphatic carboxylic acids is 1. The minimum atomic E-state index is -1.34. The van der Waals surface area contributed by atoms with Crippen molar-refractivity contribution >= 4 is 18.0 Å². The van der Waals surface area contributed by atoms with Crippen LogP contribution in [0.25, 0.3) is 11.1 Å². The van der Waals surface area contributed by atoms with Crippen LogP contribution in [0.15, 0.2) is 48.5 Å². The number of hydrogen-bond acceptors (Lipinski definition) is 6. The molecule has 9 heteroatoms. The first kappa shape index (κ1) is 22.8. The van der Waals surface area contributed by atoms with Crippen molar-refractivity contribution in [2.45, 2.75) is 30.5 Å². The number of alkyl carbamates (subject to hydrolysis) is 1. The van der Waals surface area contributed by atoms with Crippen LogP contribution in [-0.2, 0) is 19.1 Å². The summed E-state index contributed by atoms with van der Waals surface area (Å²) in [6, 6.07) is 13.8. The van der Waals surface area contributed by atoms with Crippen molar-refractivity contribution in [3.8, 4) is 11.1 Å². The molecule has 1 aliphatic carbocycles. The SMILES string of the molecule is CN(C(=O)C(CC(=O)O)NC(=O)OCC1c2ccccc2-c2ccccc21)[C@@H]1COC[C@H]1O. The summed E-state index contributed by atoms with van der Waals surface area (Å²) >= 11 is 0. The van der Waals surface area contributed by atoms with Crippen LogP contribution in [0.5, 0.6) is 0 Å². The predicted molar refractivity (Wildman–Crippen MR) is 118 cm³/mol. The molecule has 1 aliphatic heterocycles. The molecule has 0 bridgehead atoms. The minimum absolute atomic E-state index is 0.0405. The number of rotatable bonds is 7. The number of carboxylic acid groups (broad SMARTS) is 1. The highest BCUT2D eigenvalue weighted by Crippen LogP contribution is 2.44. The largest absolute Gasteiger partial charge is 0.481 e. The lowest BCUT2D eigenvalue weighted by molar-refractivity contribution is -0.143. The molecule has 2 aliphatic rings. The smallest absolute Gasteiger partial charge is 0.407 e. The fourth-order valence-electron chi connectivity index (χ4n) is 4.47. The topological polar surface area (TPSA) is 125 Å². The van der Waals surface area contributed by atoms with Gasteiger partial charge < -0.3 is 29.9 Å². The van der Waals surface area contributed by atoms with Crippen molar-refractivity contribution < 1.29 is 34.1 Å². The van der Waals surface area contributed by atoms with Gasteiger partial charge >= 0.3 is 12.1 Å². The van der Waals surface area contributed by atoms with E-state index in [2.05, 4.69) is 5.32 Å². The van der Waals surface area contributed by atoms with Crippen LogP contribution in [0.3, 0.4) is 0 Å². The van der Waals surface area contributed by atoms with Gasteiger partial charge in [0.2, 0.25) is 5.91 Å². The molecule has 0 aromatic heterocycles. The van der Waals surface area contributed by atoms with Crippen LogP contribution in [0.4, 0.5) is 4.79 Å². The Hall–Kier alpha value is -3.43. The van der Waals surface area contributed by atoms with E-state index in [0.29, 0.717) is 0 Å². The number of aliphatic hydroxyl groups excluding tert-OH is 1. The molecule has 0 radical (unpaired) electrons. The van der Waals surface area contributed by atoms with Crippen molar-refractivity contribution in [2.24, 2.45) is 0 Å². The standard InChI is InChI=1S/C24H26N2O7/c1-26(20-12-32-13-21(20)27)23(30)19(10-22(28)29)25-24(31)33-11-18-16-8-4-2-6-14(16)15-7-3-5-9-17(15)18/h2-9,18-21,27H,10-13H2,1H3,(H,25,31)(H,28,29)/t19?,20-,21-/m1/s1. The number of nitrogens with one attached hydrogen (secondary N) is 1. The fraction of sp³-hybridized carbons (Fsp3) is 0.375. The summed E-state index contributed by atoms with van der Waals surface area (Å²) in [6.45, 7) is 0.263. The highest BCUT2D eigenvalue weighted by atomic mass is 16.5. The summed E-state index contributed by atoms with van der Waals surface area (Å²) < 4.78 is 10.6. The Balaban J connectivity index is 1.43. The molecule has 4 rings (SSSR count). The van der Waals surface area contributed by atoms with Gasteiger partial charge in [-0.05, 0) is 22.3 Å². The number of amides is 2. The van der Waals surface area contributed by atoms with Gasteiger partial charge in [0.25, 0.3) is 0 Å². The van der Waals surface area contributed by atoms with Crippen molar-refractivity contribution in [1.82, 2.24) is 10.2 Å². The van der Waals surface area contributed by atoms with Crippen molar-refractivity contribution in [1.29, 1.82) is 0 Å². The van der Waals surface area contributed by atoms with Crippen molar-refractivity contribution in [2.75, 3.05) is 26.9 Å². The second-order valence-corrected chi connectivity index (χ2v) is 8.24. The van der Waals surface area contributed by atoms with E-state index in [1.54, 1.807) is 0 Å². The number of hydrogen-bond donors (Lipinski definition) is 3. The summed E-state index contributed by atoms with van der Waals surface area (Å²) in [5, 5.41) is 21.6. The van der Waals surface area contributed by atoms with Gasteiger partial charge in [0.05, 0.1) is 31.8 Å². The molecule has 3 N–H and O–H groups in total. The van der Waals surface area contributed by atoms with Crippen LogP contribution < -0.4 is 5.32 Å². The number of likely N-dealkylation sites (N-methyl/N-ethyl adjacent to an activating group) is 1. The fourth-order valence-corrected chi connectivity index (χ4v) is 4.47. The van der Waals surface area contributed by atoms with E-state index in [-0.39, 0.29) is 25.7 Å². The average molecular weight is 454 g/mol. The molecule has 2 amide bonds. The van der Waals surface area contributed by atoms with Crippen LogP contribution >= 0.6 is 0 Å². The number of carbonyl (C=O) groups is 3. The second kappa shape index (κ2) is 9.60. The third-order valence-corrected chi connectivity index (χ3v) is 6.18. The lowest BCUT2D eigenvalue weighted by Gasteiger charge is -2.29. The van der Waals surface area contributed by atoms with E-state index in [0.717, 1.165) is 22.3 Å². The molecule has 1 saturated heterocycles. The number of fused-ring (bicyclic) bond motifs is 3. The van der Waals surface area contributed by atoms with Crippen molar-refractivity contribution in [3.63, 3.8) is 0 Å². The Morgan fingerprint density at radius 3 is 2.24 bits per heavy atom. The van der Waals surface area contributed by atoms with E-state index in [9.17, 15) is 24.6 Å². The molecular weight excluding hydrogens is 428 g/mol. The van der Waals surface area contributed by atoms with E-state index in [4.69, 9.17) is 9.47 Å². The first-order chi connectivity index (χ1) is 15.9. The number of benzene rings is 2. The first-order valence-electron chi connectivity index (χ1n) is 10.7. The molecule has 1 unspecified atom stereocenters. The third-order valence-electron chi connectivity index (χ3n) is 6.18. The Bertz CT molecular complexity index is 1010. The summed E-state index contributed by atoms with van der Waals surface area (Å²) in [4.78, 5) is 37.9. The monoisotopic (exact) mass is 454 g/mol. The molecule has 2 aromatic rings. The van der Waals surface area contributed by atoms with Gasteiger partial charge in [-0.15, -0.1) is 0 Å². The third kappa shape index (κ3) is 4.69. The van der Waals surface area contributed by atoms with Gasteiger partial charge in [-0.1, -0.05) is 48.5 Å². The zero-order chi connectivity index (χ0) is 23.5. The first-order valence-corrected chi connectivity index (χ1v) is 10.7. The maximum atomic E-state index is 12.9.